The molecule has 2 heterocycles. The third-order valence-corrected chi connectivity index (χ3v) is 5.87. The predicted octanol–water partition coefficient (Wildman–Crippen LogP) is 0.839. The standard InChI is InChI=1S/C23H24N2O5/c26-20(15-17-7-3-1-4-8-17)24-13-11-23(12-14-24)25(19(16-30-23)22(28)29)21(27)18-9-5-2-6-10-18/h1-10,19H,11-16H2,(H,28,29)/p-1/t19-/m0/s1. The first-order chi connectivity index (χ1) is 14.5. The van der Waals surface area contributed by atoms with Crippen LogP contribution in [0, 0.1) is 0 Å². The molecule has 7 heteroatoms. The highest BCUT2D eigenvalue weighted by atomic mass is 16.5. The van der Waals surface area contributed by atoms with Gasteiger partial charge in [-0.3, -0.25) is 14.5 Å². The summed E-state index contributed by atoms with van der Waals surface area (Å²) in [7, 11) is 0. The van der Waals surface area contributed by atoms with Gasteiger partial charge in [-0.25, -0.2) is 0 Å². The summed E-state index contributed by atoms with van der Waals surface area (Å²) in [6, 6.07) is 16.9. The van der Waals surface area contributed by atoms with Crippen LogP contribution in [0.25, 0.3) is 0 Å². The molecule has 2 aromatic carbocycles. The Labute approximate surface area is 174 Å². The first-order valence-electron chi connectivity index (χ1n) is 10.1. The minimum absolute atomic E-state index is 0.00596. The molecule has 0 aromatic heterocycles. The van der Waals surface area contributed by atoms with Crippen LogP contribution >= 0.6 is 0 Å². The number of likely N-dealkylation sites (tertiary alicyclic amines) is 1. The third kappa shape index (κ3) is 3.80. The van der Waals surface area contributed by atoms with Gasteiger partial charge >= 0.3 is 0 Å². The molecule has 2 aromatic rings. The van der Waals surface area contributed by atoms with Crippen LogP contribution in [-0.2, 0) is 20.7 Å². The zero-order valence-electron chi connectivity index (χ0n) is 16.5. The van der Waals surface area contributed by atoms with Crippen LogP contribution in [0.2, 0.25) is 0 Å². The van der Waals surface area contributed by atoms with Crippen molar-refractivity contribution >= 4 is 17.8 Å². The van der Waals surface area contributed by atoms with Gasteiger partial charge in [0.15, 0.2) is 0 Å². The van der Waals surface area contributed by atoms with E-state index in [2.05, 4.69) is 0 Å². The monoisotopic (exact) mass is 407 g/mol. The van der Waals surface area contributed by atoms with E-state index in [9.17, 15) is 19.5 Å². The number of carboxylic acid groups (broad SMARTS) is 1. The molecule has 2 fully saturated rings. The van der Waals surface area contributed by atoms with Gasteiger partial charge in [-0.1, -0.05) is 48.5 Å². The Morgan fingerprint density at radius 2 is 1.57 bits per heavy atom. The van der Waals surface area contributed by atoms with E-state index in [0.29, 0.717) is 37.9 Å². The molecule has 0 saturated carbocycles. The van der Waals surface area contributed by atoms with Crippen LogP contribution in [-0.4, -0.2) is 59.0 Å². The molecule has 2 aliphatic rings. The number of ether oxygens (including phenoxy) is 1. The highest BCUT2D eigenvalue weighted by molar-refractivity contribution is 5.97. The van der Waals surface area contributed by atoms with Gasteiger partial charge in [0.25, 0.3) is 5.91 Å². The van der Waals surface area contributed by atoms with Crippen LogP contribution in [0.4, 0.5) is 0 Å². The summed E-state index contributed by atoms with van der Waals surface area (Å²) in [5, 5.41) is 11.7. The fraction of sp³-hybridized carbons (Fsp3) is 0.348. The highest BCUT2D eigenvalue weighted by Gasteiger charge is 2.52. The average molecular weight is 407 g/mol. The van der Waals surface area contributed by atoms with Crippen LogP contribution in [0.3, 0.4) is 0 Å². The Hall–Kier alpha value is -3.19. The Morgan fingerprint density at radius 3 is 2.17 bits per heavy atom. The topological polar surface area (TPSA) is 90.0 Å². The summed E-state index contributed by atoms with van der Waals surface area (Å²) >= 11 is 0. The molecule has 0 unspecified atom stereocenters. The van der Waals surface area contributed by atoms with Gasteiger partial charge in [-0.05, 0) is 17.7 Å². The van der Waals surface area contributed by atoms with E-state index in [1.54, 1.807) is 35.2 Å². The number of aliphatic carboxylic acids is 1. The van der Waals surface area contributed by atoms with Crippen molar-refractivity contribution in [2.45, 2.75) is 31.0 Å². The minimum Gasteiger partial charge on any atom is -0.548 e. The van der Waals surface area contributed by atoms with Gasteiger partial charge in [-0.15, -0.1) is 0 Å². The quantitative estimate of drug-likeness (QED) is 0.749. The van der Waals surface area contributed by atoms with Crippen molar-refractivity contribution in [3.05, 3.63) is 71.8 Å². The second kappa shape index (κ2) is 8.28. The second-order valence-electron chi connectivity index (χ2n) is 7.68. The number of nitrogens with zero attached hydrogens (tertiary/aromatic N) is 2. The zero-order chi connectivity index (χ0) is 21.1. The van der Waals surface area contributed by atoms with Gasteiger partial charge < -0.3 is 19.5 Å². The Balaban J connectivity index is 1.50. The number of carbonyl (C=O) groups is 3. The maximum Gasteiger partial charge on any atom is 0.256 e. The predicted molar refractivity (Wildman–Crippen MR) is 106 cm³/mol. The zero-order valence-corrected chi connectivity index (χ0v) is 16.5. The molecule has 1 atom stereocenters. The molecule has 2 aliphatic heterocycles. The lowest BCUT2D eigenvalue weighted by Crippen LogP contribution is -2.60. The van der Waals surface area contributed by atoms with Crippen molar-refractivity contribution in [1.82, 2.24) is 9.80 Å². The molecule has 2 amide bonds. The van der Waals surface area contributed by atoms with E-state index in [1.165, 1.54) is 4.90 Å². The maximum atomic E-state index is 13.2. The number of carbonyl (C=O) groups excluding carboxylic acids is 3. The number of rotatable bonds is 4. The van der Waals surface area contributed by atoms with Crippen molar-refractivity contribution in [3.63, 3.8) is 0 Å². The fourth-order valence-corrected chi connectivity index (χ4v) is 4.26. The number of benzene rings is 2. The summed E-state index contributed by atoms with van der Waals surface area (Å²) in [4.78, 5) is 40.6. The Bertz CT molecular complexity index is 923. The molecular weight excluding hydrogens is 384 g/mol. The molecule has 4 rings (SSSR count). The normalized spacial score (nSPS) is 20.3. The van der Waals surface area contributed by atoms with E-state index >= 15 is 0 Å². The number of carboxylic acids is 1. The van der Waals surface area contributed by atoms with Gasteiger partial charge in [-0.2, -0.15) is 0 Å². The minimum atomic E-state index is -1.33. The molecule has 7 nitrogen and oxygen atoms in total. The molecule has 30 heavy (non-hydrogen) atoms. The number of piperidine rings is 1. The summed E-state index contributed by atoms with van der Waals surface area (Å²) in [6.45, 7) is 0.673. The summed E-state index contributed by atoms with van der Waals surface area (Å²) in [6.07, 6.45) is 1.02. The molecule has 2 saturated heterocycles. The van der Waals surface area contributed by atoms with Crippen molar-refractivity contribution in [1.29, 1.82) is 0 Å². The average Bonchev–Trinajstić information content (AvgIpc) is 3.14. The van der Waals surface area contributed by atoms with E-state index in [-0.39, 0.29) is 12.5 Å². The summed E-state index contributed by atoms with van der Waals surface area (Å²) in [5.74, 6) is -1.73. The Morgan fingerprint density at radius 1 is 0.967 bits per heavy atom. The first-order valence-corrected chi connectivity index (χ1v) is 10.1. The van der Waals surface area contributed by atoms with E-state index in [0.717, 1.165) is 5.56 Å². The van der Waals surface area contributed by atoms with Crippen LogP contribution in [0.1, 0.15) is 28.8 Å². The van der Waals surface area contributed by atoms with E-state index in [1.807, 2.05) is 30.3 Å². The Kier molecular flexibility index (Phi) is 5.55. The van der Waals surface area contributed by atoms with E-state index < -0.39 is 23.6 Å². The summed E-state index contributed by atoms with van der Waals surface area (Å²) < 4.78 is 5.90. The molecule has 0 bridgehead atoms. The SMILES string of the molecule is O=C([O-])[C@@H]1COC2(CCN(C(=O)Cc3ccccc3)CC2)N1C(=O)c1ccccc1. The van der Waals surface area contributed by atoms with Crippen molar-refractivity contribution in [3.8, 4) is 0 Å². The van der Waals surface area contributed by atoms with Crippen molar-refractivity contribution in [2.24, 2.45) is 0 Å². The van der Waals surface area contributed by atoms with Gasteiger partial charge in [0.2, 0.25) is 5.91 Å². The maximum absolute atomic E-state index is 13.2. The van der Waals surface area contributed by atoms with Crippen molar-refractivity contribution in [2.75, 3.05) is 19.7 Å². The molecule has 0 N–H and O–H groups in total. The lowest BCUT2D eigenvalue weighted by Gasteiger charge is -2.45. The van der Waals surface area contributed by atoms with E-state index in [4.69, 9.17) is 4.74 Å². The molecular formula is C23H23N2O5-. The van der Waals surface area contributed by atoms with Gasteiger partial charge in [0, 0.05) is 31.5 Å². The van der Waals surface area contributed by atoms with Crippen LogP contribution in [0.15, 0.2) is 60.7 Å². The van der Waals surface area contributed by atoms with Crippen molar-refractivity contribution < 1.29 is 24.2 Å². The van der Waals surface area contributed by atoms with Gasteiger partial charge in [0.1, 0.15) is 5.72 Å². The molecule has 1 spiro atoms. The number of hydrogen-bond donors (Lipinski definition) is 0. The fourth-order valence-electron chi connectivity index (χ4n) is 4.26. The smallest absolute Gasteiger partial charge is 0.256 e. The molecule has 156 valence electrons. The largest absolute Gasteiger partial charge is 0.548 e. The second-order valence-corrected chi connectivity index (χ2v) is 7.68. The lowest BCUT2D eigenvalue weighted by atomic mass is 9.96. The third-order valence-electron chi connectivity index (χ3n) is 5.87. The molecule has 0 radical (unpaired) electrons. The molecule has 0 aliphatic carbocycles. The summed E-state index contributed by atoms with van der Waals surface area (Å²) in [5.41, 5.74) is 0.301. The first kappa shape index (κ1) is 20.1. The van der Waals surface area contributed by atoms with Crippen LogP contribution < -0.4 is 5.11 Å². The van der Waals surface area contributed by atoms with Gasteiger partial charge in [0.05, 0.1) is 25.0 Å². The lowest BCUT2D eigenvalue weighted by molar-refractivity contribution is -0.310. The number of hydrogen-bond acceptors (Lipinski definition) is 5. The van der Waals surface area contributed by atoms with Crippen LogP contribution in [0.5, 0.6) is 0 Å². The number of amides is 2. The highest BCUT2D eigenvalue weighted by Crippen LogP contribution is 2.38.